The van der Waals surface area contributed by atoms with Crippen LogP contribution in [0.3, 0.4) is 0 Å². The van der Waals surface area contributed by atoms with E-state index in [-0.39, 0.29) is 0 Å². The summed E-state index contributed by atoms with van der Waals surface area (Å²) in [6.07, 6.45) is 0.766. The Bertz CT molecular complexity index is 1170. The highest BCUT2D eigenvalue weighted by molar-refractivity contribution is 6.35. The van der Waals surface area contributed by atoms with E-state index in [4.69, 9.17) is 32.9 Å². The lowest BCUT2D eigenvalue weighted by atomic mass is 9.96. The van der Waals surface area contributed by atoms with Crippen molar-refractivity contribution < 1.29 is 14.3 Å². The van der Waals surface area contributed by atoms with Gasteiger partial charge < -0.3 is 10.1 Å². The minimum absolute atomic E-state index is 0.345. The molecule has 2 aromatic carbocycles. The van der Waals surface area contributed by atoms with Crippen LogP contribution < -0.4 is 5.32 Å². The zero-order chi connectivity index (χ0) is 22.0. The molecule has 3 aromatic rings. The number of fused-ring (bicyclic) bond motifs is 2. The number of nitrogens with one attached hydrogen (secondary N) is 1. The zero-order valence-electron chi connectivity index (χ0n) is 17.0. The third kappa shape index (κ3) is 4.66. The number of hydrogen-bond donors (Lipinski definition) is 1. The predicted octanol–water partition coefficient (Wildman–Crippen LogP) is 4.72. The molecule has 1 aliphatic rings. The first kappa shape index (κ1) is 21.6. The maximum Gasteiger partial charge on any atom is 0.339 e. The van der Waals surface area contributed by atoms with Crippen molar-refractivity contribution in [3.63, 3.8) is 0 Å². The summed E-state index contributed by atoms with van der Waals surface area (Å²) < 4.78 is 5.40. The molecule has 1 aliphatic heterocycles. The first-order valence-corrected chi connectivity index (χ1v) is 10.8. The number of hydrogen-bond acceptors (Lipinski definition) is 5. The molecule has 0 spiro atoms. The zero-order valence-corrected chi connectivity index (χ0v) is 18.5. The Morgan fingerprint density at radius 1 is 1.19 bits per heavy atom. The number of rotatable bonds is 5. The minimum Gasteiger partial charge on any atom is -0.452 e. The summed E-state index contributed by atoms with van der Waals surface area (Å²) in [4.78, 5) is 32.5. The van der Waals surface area contributed by atoms with Crippen LogP contribution in [0.15, 0.2) is 42.5 Å². The molecule has 0 saturated heterocycles. The summed E-state index contributed by atoms with van der Waals surface area (Å²) >= 11 is 12.0. The molecule has 0 fully saturated rings. The van der Waals surface area contributed by atoms with Gasteiger partial charge in [0.2, 0.25) is 0 Å². The van der Waals surface area contributed by atoms with Gasteiger partial charge in [0.05, 0.1) is 21.8 Å². The quantitative estimate of drug-likeness (QED) is 0.561. The van der Waals surface area contributed by atoms with Gasteiger partial charge in [0.15, 0.2) is 6.61 Å². The number of ether oxygens (including phenoxy) is 1. The van der Waals surface area contributed by atoms with Crippen LogP contribution in [0, 0.1) is 0 Å². The standard InChI is InChI=1S/C23H21Cl2N3O3/c1-2-28-10-9-19-16(12-28)22(15-5-3-4-6-18(15)26-19)23(30)31-13-21(29)27-20-11-14(24)7-8-17(20)25/h3-8,11H,2,9-10,12-13H2,1H3,(H,27,29). The number of halogens is 2. The monoisotopic (exact) mass is 457 g/mol. The van der Waals surface area contributed by atoms with Gasteiger partial charge in [0.25, 0.3) is 5.91 Å². The van der Waals surface area contributed by atoms with Gasteiger partial charge in [-0.05, 0) is 30.8 Å². The normalized spacial score (nSPS) is 13.6. The largest absolute Gasteiger partial charge is 0.452 e. The van der Waals surface area contributed by atoms with Gasteiger partial charge in [-0.15, -0.1) is 0 Å². The fourth-order valence-corrected chi connectivity index (χ4v) is 4.07. The summed E-state index contributed by atoms with van der Waals surface area (Å²) in [5.74, 6) is -1.04. The average molecular weight is 458 g/mol. The van der Waals surface area contributed by atoms with E-state index in [0.717, 1.165) is 41.7 Å². The lowest BCUT2D eigenvalue weighted by Crippen LogP contribution is -2.32. The molecule has 160 valence electrons. The summed E-state index contributed by atoms with van der Waals surface area (Å²) in [6.45, 7) is 4.04. The third-order valence-electron chi connectivity index (χ3n) is 5.31. The molecule has 1 aromatic heterocycles. The van der Waals surface area contributed by atoms with Crippen molar-refractivity contribution >= 4 is 51.7 Å². The Morgan fingerprint density at radius 3 is 2.81 bits per heavy atom. The number of carbonyl (C=O) groups is 2. The van der Waals surface area contributed by atoms with Crippen LogP contribution in [0.2, 0.25) is 10.0 Å². The number of likely N-dealkylation sites (N-methyl/N-ethyl adjacent to an activating group) is 1. The molecule has 1 amide bonds. The van der Waals surface area contributed by atoms with Gasteiger partial charge in [0.1, 0.15) is 0 Å². The molecule has 0 saturated carbocycles. The van der Waals surface area contributed by atoms with Gasteiger partial charge >= 0.3 is 5.97 Å². The van der Waals surface area contributed by atoms with Crippen LogP contribution in [0.5, 0.6) is 0 Å². The van der Waals surface area contributed by atoms with Crippen LogP contribution in [-0.2, 0) is 22.5 Å². The van der Waals surface area contributed by atoms with E-state index in [1.54, 1.807) is 12.1 Å². The molecule has 6 nitrogen and oxygen atoms in total. The predicted molar refractivity (Wildman–Crippen MR) is 122 cm³/mol. The number of amides is 1. The van der Waals surface area contributed by atoms with Crippen molar-refractivity contribution in [3.8, 4) is 0 Å². The van der Waals surface area contributed by atoms with Gasteiger partial charge in [-0.3, -0.25) is 14.7 Å². The molecule has 0 aliphatic carbocycles. The minimum atomic E-state index is -0.542. The fourth-order valence-electron chi connectivity index (χ4n) is 3.73. The Morgan fingerprint density at radius 2 is 2.00 bits per heavy atom. The van der Waals surface area contributed by atoms with Crippen LogP contribution in [0.4, 0.5) is 5.69 Å². The van der Waals surface area contributed by atoms with Gasteiger partial charge in [-0.2, -0.15) is 0 Å². The number of pyridine rings is 1. The number of aromatic nitrogens is 1. The van der Waals surface area contributed by atoms with E-state index in [2.05, 4.69) is 17.1 Å². The lowest BCUT2D eigenvalue weighted by Gasteiger charge is -2.28. The number of benzene rings is 2. The second kappa shape index (κ2) is 9.22. The number of para-hydroxylation sites is 1. The van der Waals surface area contributed by atoms with Crippen LogP contribution in [0.25, 0.3) is 10.9 Å². The van der Waals surface area contributed by atoms with Crippen molar-refractivity contribution in [2.75, 3.05) is 25.0 Å². The molecule has 1 N–H and O–H groups in total. The van der Waals surface area contributed by atoms with Crippen molar-refractivity contribution in [2.24, 2.45) is 0 Å². The van der Waals surface area contributed by atoms with E-state index in [9.17, 15) is 9.59 Å². The Hall–Kier alpha value is -2.67. The van der Waals surface area contributed by atoms with Crippen LogP contribution >= 0.6 is 23.2 Å². The highest BCUT2D eigenvalue weighted by Crippen LogP contribution is 2.29. The molecule has 31 heavy (non-hydrogen) atoms. The maximum absolute atomic E-state index is 13.1. The number of anilines is 1. The van der Waals surface area contributed by atoms with E-state index in [1.165, 1.54) is 6.07 Å². The highest BCUT2D eigenvalue weighted by Gasteiger charge is 2.26. The Kier molecular flexibility index (Phi) is 6.41. The average Bonchev–Trinajstić information content (AvgIpc) is 2.78. The van der Waals surface area contributed by atoms with E-state index < -0.39 is 18.5 Å². The van der Waals surface area contributed by atoms with Gasteiger partial charge in [0, 0.05) is 41.2 Å². The highest BCUT2D eigenvalue weighted by atomic mass is 35.5. The van der Waals surface area contributed by atoms with Gasteiger partial charge in [-0.25, -0.2) is 4.79 Å². The molecule has 0 bridgehead atoms. The van der Waals surface area contributed by atoms with E-state index >= 15 is 0 Å². The molecule has 0 atom stereocenters. The molecule has 8 heteroatoms. The van der Waals surface area contributed by atoms with Crippen molar-refractivity contribution in [2.45, 2.75) is 19.9 Å². The number of carbonyl (C=O) groups excluding carboxylic acids is 2. The molecular formula is C23H21Cl2N3O3. The molecule has 4 rings (SSSR count). The van der Waals surface area contributed by atoms with Crippen molar-refractivity contribution in [1.82, 2.24) is 9.88 Å². The first-order chi connectivity index (χ1) is 15.0. The third-order valence-corrected chi connectivity index (χ3v) is 5.88. The lowest BCUT2D eigenvalue weighted by molar-refractivity contribution is -0.119. The topological polar surface area (TPSA) is 71.5 Å². The van der Waals surface area contributed by atoms with Crippen molar-refractivity contribution in [3.05, 3.63) is 69.3 Å². The second-order valence-electron chi connectivity index (χ2n) is 7.30. The Labute approximate surface area is 190 Å². The number of esters is 1. The van der Waals surface area contributed by atoms with E-state index in [0.29, 0.717) is 27.8 Å². The smallest absolute Gasteiger partial charge is 0.339 e. The molecule has 2 heterocycles. The SMILES string of the molecule is CCN1CCc2nc3ccccc3c(C(=O)OCC(=O)Nc3cc(Cl)ccc3Cl)c2C1. The number of nitrogens with zero attached hydrogens (tertiary/aromatic N) is 2. The van der Waals surface area contributed by atoms with E-state index in [1.807, 2.05) is 24.3 Å². The summed E-state index contributed by atoms with van der Waals surface area (Å²) in [6, 6.07) is 12.2. The second-order valence-corrected chi connectivity index (χ2v) is 8.14. The Balaban J connectivity index is 1.57. The van der Waals surface area contributed by atoms with Crippen LogP contribution in [0.1, 0.15) is 28.5 Å². The first-order valence-electron chi connectivity index (χ1n) is 10.0. The van der Waals surface area contributed by atoms with Crippen LogP contribution in [-0.4, -0.2) is 41.5 Å². The molecule has 0 unspecified atom stereocenters. The summed E-state index contributed by atoms with van der Waals surface area (Å²) in [5.41, 5.74) is 3.36. The summed E-state index contributed by atoms with van der Waals surface area (Å²) in [5, 5.41) is 4.13. The van der Waals surface area contributed by atoms with Crippen molar-refractivity contribution in [1.29, 1.82) is 0 Å². The molecular weight excluding hydrogens is 437 g/mol. The molecule has 0 radical (unpaired) electrons. The maximum atomic E-state index is 13.1. The van der Waals surface area contributed by atoms with Gasteiger partial charge in [-0.1, -0.05) is 48.3 Å². The fraction of sp³-hybridized carbons (Fsp3) is 0.261. The summed E-state index contributed by atoms with van der Waals surface area (Å²) in [7, 11) is 0.